The molecule has 5 nitrogen and oxygen atoms in total. The van der Waals surface area contributed by atoms with E-state index in [1.54, 1.807) is 11.0 Å². The van der Waals surface area contributed by atoms with Crippen LogP contribution in [-0.4, -0.2) is 60.9 Å². The highest BCUT2D eigenvalue weighted by atomic mass is 19.1. The van der Waals surface area contributed by atoms with E-state index in [1.165, 1.54) is 25.0 Å². The van der Waals surface area contributed by atoms with Crippen LogP contribution in [0.3, 0.4) is 0 Å². The highest BCUT2D eigenvalue weighted by molar-refractivity contribution is 5.83. The molecule has 0 bridgehead atoms. The van der Waals surface area contributed by atoms with Crippen LogP contribution in [0, 0.1) is 11.7 Å². The van der Waals surface area contributed by atoms with Crippen LogP contribution in [0.1, 0.15) is 31.2 Å². The zero-order chi connectivity index (χ0) is 18.4. The zero-order valence-electron chi connectivity index (χ0n) is 15.3. The third kappa shape index (κ3) is 5.27. The number of nitrogens with zero attached hydrogens (tertiary/aromatic N) is 2. The van der Waals surface area contributed by atoms with Gasteiger partial charge in [0.2, 0.25) is 11.8 Å². The smallest absolute Gasteiger partial charge is 0.224 e. The molecule has 0 saturated carbocycles. The molecule has 0 aliphatic carbocycles. The Balaban J connectivity index is 1.44. The van der Waals surface area contributed by atoms with Crippen molar-refractivity contribution < 1.29 is 14.0 Å². The molecule has 2 heterocycles. The predicted molar refractivity (Wildman–Crippen MR) is 98.1 cm³/mol. The molecule has 2 aliphatic rings. The summed E-state index contributed by atoms with van der Waals surface area (Å²) < 4.78 is 13.3. The highest BCUT2D eigenvalue weighted by Gasteiger charge is 2.29. The molecular weight excluding hydrogens is 333 g/mol. The molecule has 0 radical (unpaired) electrons. The van der Waals surface area contributed by atoms with E-state index in [9.17, 15) is 14.0 Å². The Morgan fingerprint density at radius 1 is 1.23 bits per heavy atom. The van der Waals surface area contributed by atoms with Crippen LogP contribution in [0.15, 0.2) is 24.3 Å². The molecular formula is C20H28FN3O2. The van der Waals surface area contributed by atoms with Crippen LogP contribution in [0.25, 0.3) is 0 Å². The number of hydrogen-bond acceptors (Lipinski definition) is 3. The van der Waals surface area contributed by atoms with Crippen molar-refractivity contribution in [2.45, 2.75) is 32.1 Å². The summed E-state index contributed by atoms with van der Waals surface area (Å²) in [5, 5.41) is 3.03. The van der Waals surface area contributed by atoms with Gasteiger partial charge in [0.15, 0.2) is 0 Å². The van der Waals surface area contributed by atoms with Gasteiger partial charge in [-0.3, -0.25) is 9.59 Å². The molecule has 1 N–H and O–H groups in total. The molecule has 0 unspecified atom stereocenters. The Bertz CT molecular complexity index is 631. The van der Waals surface area contributed by atoms with Crippen LogP contribution in [-0.2, 0) is 16.0 Å². The summed E-state index contributed by atoms with van der Waals surface area (Å²) in [5.41, 5.74) is 0.870. The maximum absolute atomic E-state index is 13.3. The van der Waals surface area contributed by atoms with Gasteiger partial charge >= 0.3 is 0 Å². The quantitative estimate of drug-likeness (QED) is 0.806. The summed E-state index contributed by atoms with van der Waals surface area (Å²) in [6.07, 6.45) is 4.13. The first-order valence-electron chi connectivity index (χ1n) is 9.64. The monoisotopic (exact) mass is 361 g/mol. The zero-order valence-corrected chi connectivity index (χ0v) is 15.3. The number of carbonyl (C=O) groups is 2. The van der Waals surface area contributed by atoms with E-state index >= 15 is 0 Å². The largest absolute Gasteiger partial charge is 0.355 e. The molecule has 0 spiro atoms. The second kappa shape index (κ2) is 9.12. The van der Waals surface area contributed by atoms with Crippen molar-refractivity contribution >= 4 is 11.8 Å². The molecule has 3 rings (SSSR count). The Morgan fingerprint density at radius 2 is 2.04 bits per heavy atom. The van der Waals surface area contributed by atoms with Crippen LogP contribution in [0.2, 0.25) is 0 Å². The molecule has 1 atom stereocenters. The van der Waals surface area contributed by atoms with E-state index in [1.807, 2.05) is 6.07 Å². The second-order valence-corrected chi connectivity index (χ2v) is 7.30. The fourth-order valence-electron chi connectivity index (χ4n) is 3.79. The van der Waals surface area contributed by atoms with Crippen LogP contribution >= 0.6 is 0 Å². The average Bonchev–Trinajstić information content (AvgIpc) is 3.14. The van der Waals surface area contributed by atoms with Crippen molar-refractivity contribution in [2.24, 2.45) is 5.92 Å². The Hall–Kier alpha value is -1.95. The van der Waals surface area contributed by atoms with Crippen molar-refractivity contribution in [1.29, 1.82) is 0 Å². The lowest BCUT2D eigenvalue weighted by Crippen LogP contribution is -2.47. The molecule has 2 saturated heterocycles. The fourth-order valence-corrected chi connectivity index (χ4v) is 3.79. The SMILES string of the molecule is O=C(NCCN1CCCC1)[C@@H]1CCC(=O)N(CCc2cccc(F)c2)C1. The molecule has 142 valence electrons. The first kappa shape index (κ1) is 18.8. The van der Waals surface area contributed by atoms with E-state index in [0.29, 0.717) is 38.9 Å². The first-order valence-corrected chi connectivity index (χ1v) is 9.64. The van der Waals surface area contributed by atoms with Gasteiger partial charge in [-0.2, -0.15) is 0 Å². The number of piperidine rings is 1. The van der Waals surface area contributed by atoms with Crippen molar-refractivity contribution in [3.63, 3.8) is 0 Å². The summed E-state index contributed by atoms with van der Waals surface area (Å²) in [7, 11) is 0. The van der Waals surface area contributed by atoms with E-state index in [4.69, 9.17) is 0 Å². The number of rotatable bonds is 7. The minimum atomic E-state index is -0.261. The number of benzene rings is 1. The molecule has 2 amide bonds. The molecule has 26 heavy (non-hydrogen) atoms. The van der Waals surface area contributed by atoms with E-state index in [-0.39, 0.29) is 23.5 Å². The number of hydrogen-bond donors (Lipinski definition) is 1. The summed E-state index contributed by atoms with van der Waals surface area (Å²) in [5.74, 6) is -0.267. The summed E-state index contributed by atoms with van der Waals surface area (Å²) in [4.78, 5) is 28.7. The number of amides is 2. The van der Waals surface area contributed by atoms with Gasteiger partial charge in [0, 0.05) is 32.6 Å². The topological polar surface area (TPSA) is 52.7 Å². The van der Waals surface area contributed by atoms with Gasteiger partial charge in [0.05, 0.1) is 5.92 Å². The van der Waals surface area contributed by atoms with Gasteiger partial charge < -0.3 is 15.1 Å². The van der Waals surface area contributed by atoms with Crippen molar-refractivity contribution in [3.8, 4) is 0 Å². The number of likely N-dealkylation sites (tertiary alicyclic amines) is 2. The molecule has 1 aromatic carbocycles. The molecule has 1 aromatic rings. The van der Waals surface area contributed by atoms with E-state index in [2.05, 4.69) is 10.2 Å². The Morgan fingerprint density at radius 3 is 2.81 bits per heavy atom. The molecule has 6 heteroatoms. The summed E-state index contributed by atoms with van der Waals surface area (Å²) in [6.45, 7) is 4.82. The second-order valence-electron chi connectivity index (χ2n) is 7.30. The number of carbonyl (C=O) groups excluding carboxylic acids is 2. The minimum absolute atomic E-state index is 0.0486. The molecule has 2 aliphatic heterocycles. The van der Waals surface area contributed by atoms with Gasteiger partial charge in [-0.25, -0.2) is 4.39 Å². The van der Waals surface area contributed by atoms with Crippen molar-refractivity contribution in [1.82, 2.24) is 15.1 Å². The average molecular weight is 361 g/mol. The third-order valence-electron chi connectivity index (χ3n) is 5.36. The van der Waals surface area contributed by atoms with Gasteiger partial charge in [-0.15, -0.1) is 0 Å². The van der Waals surface area contributed by atoms with Gasteiger partial charge in [-0.1, -0.05) is 12.1 Å². The van der Waals surface area contributed by atoms with Gasteiger partial charge in [0.1, 0.15) is 5.82 Å². The maximum Gasteiger partial charge on any atom is 0.224 e. The normalized spacial score (nSPS) is 21.2. The number of halogens is 1. The van der Waals surface area contributed by atoms with Crippen LogP contribution in [0.4, 0.5) is 4.39 Å². The number of nitrogens with one attached hydrogen (secondary N) is 1. The third-order valence-corrected chi connectivity index (χ3v) is 5.36. The maximum atomic E-state index is 13.3. The predicted octanol–water partition coefficient (Wildman–Crippen LogP) is 1.82. The summed E-state index contributed by atoms with van der Waals surface area (Å²) in [6, 6.07) is 6.45. The molecule has 2 fully saturated rings. The standard InChI is InChI=1S/C20H28FN3O2/c21-18-5-3-4-16(14-18)8-12-24-15-17(6-7-19(24)25)20(26)22-9-13-23-10-1-2-11-23/h3-5,14,17H,1-2,6-13,15H2,(H,22,26)/t17-/m1/s1. The Labute approximate surface area is 154 Å². The minimum Gasteiger partial charge on any atom is -0.355 e. The lowest BCUT2D eigenvalue weighted by molar-refractivity contribution is -0.138. The summed E-state index contributed by atoms with van der Waals surface area (Å²) >= 11 is 0. The first-order chi connectivity index (χ1) is 12.6. The van der Waals surface area contributed by atoms with Crippen molar-refractivity contribution in [2.75, 3.05) is 39.3 Å². The molecule has 0 aromatic heterocycles. The van der Waals surface area contributed by atoms with Gasteiger partial charge in [-0.05, 0) is 56.5 Å². The van der Waals surface area contributed by atoms with E-state index < -0.39 is 0 Å². The van der Waals surface area contributed by atoms with Crippen molar-refractivity contribution in [3.05, 3.63) is 35.6 Å². The van der Waals surface area contributed by atoms with Gasteiger partial charge in [0.25, 0.3) is 0 Å². The van der Waals surface area contributed by atoms with E-state index in [0.717, 1.165) is 25.2 Å². The van der Waals surface area contributed by atoms with Crippen LogP contribution in [0.5, 0.6) is 0 Å². The Kier molecular flexibility index (Phi) is 6.61. The lowest BCUT2D eigenvalue weighted by atomic mass is 9.96. The fraction of sp³-hybridized carbons (Fsp3) is 0.600. The lowest BCUT2D eigenvalue weighted by Gasteiger charge is -2.32. The van der Waals surface area contributed by atoms with Crippen LogP contribution < -0.4 is 5.32 Å². The highest BCUT2D eigenvalue weighted by Crippen LogP contribution is 2.18.